The molecule has 0 aliphatic rings. The van der Waals surface area contributed by atoms with Gasteiger partial charge in [-0.1, -0.05) is 0 Å². The number of rotatable bonds is 5. The first-order valence-electron chi connectivity index (χ1n) is 4.24. The summed E-state index contributed by atoms with van der Waals surface area (Å²) in [6.45, 7) is 1.45. The molecule has 0 saturated heterocycles. The number of aromatic nitrogens is 1. The summed E-state index contributed by atoms with van der Waals surface area (Å²) >= 11 is 0. The summed E-state index contributed by atoms with van der Waals surface area (Å²) in [5.41, 5.74) is 0.999. The maximum absolute atomic E-state index is 4.93. The topological polar surface area (TPSA) is 46.2 Å². The highest BCUT2D eigenvalue weighted by molar-refractivity contribution is 5.63. The quantitative estimate of drug-likeness (QED) is 0.670. The van der Waals surface area contributed by atoms with Crippen LogP contribution in [-0.4, -0.2) is 32.3 Å². The maximum Gasteiger partial charge on any atom is 0.149 e. The fourth-order valence-electron chi connectivity index (χ4n) is 1.02. The molecule has 4 nitrogen and oxygen atoms in total. The van der Waals surface area contributed by atoms with Crippen LogP contribution in [0.2, 0.25) is 0 Å². The van der Waals surface area contributed by atoms with Gasteiger partial charge in [-0.05, 0) is 12.1 Å². The molecule has 0 aromatic carbocycles. The second-order valence-corrected chi connectivity index (χ2v) is 2.57. The van der Waals surface area contributed by atoms with Crippen molar-refractivity contribution in [2.45, 2.75) is 0 Å². The summed E-state index contributed by atoms with van der Waals surface area (Å²) in [7, 11) is 3.55. The number of hydrogen-bond acceptors (Lipinski definition) is 4. The molecule has 0 fully saturated rings. The molecular formula is C9H15N3O. The van der Waals surface area contributed by atoms with Gasteiger partial charge in [0, 0.05) is 26.9 Å². The average molecular weight is 181 g/mol. The van der Waals surface area contributed by atoms with Crippen LogP contribution in [0, 0.1) is 0 Å². The summed E-state index contributed by atoms with van der Waals surface area (Å²) in [4.78, 5) is 4.19. The van der Waals surface area contributed by atoms with E-state index in [2.05, 4.69) is 15.6 Å². The molecular weight excluding hydrogens is 166 g/mol. The molecule has 0 bridgehead atoms. The van der Waals surface area contributed by atoms with Gasteiger partial charge in [-0.3, -0.25) is 0 Å². The van der Waals surface area contributed by atoms with Crippen LogP contribution in [-0.2, 0) is 4.74 Å². The van der Waals surface area contributed by atoms with Gasteiger partial charge in [0.15, 0.2) is 0 Å². The van der Waals surface area contributed by atoms with Crippen molar-refractivity contribution in [2.75, 3.05) is 37.9 Å². The van der Waals surface area contributed by atoms with E-state index in [-0.39, 0.29) is 0 Å². The Morgan fingerprint density at radius 2 is 2.38 bits per heavy atom. The number of anilines is 2. The molecule has 0 radical (unpaired) electrons. The Morgan fingerprint density at radius 1 is 1.54 bits per heavy atom. The summed E-state index contributed by atoms with van der Waals surface area (Å²) in [6, 6.07) is 3.87. The maximum atomic E-state index is 4.93. The zero-order chi connectivity index (χ0) is 9.52. The van der Waals surface area contributed by atoms with E-state index in [1.54, 1.807) is 13.3 Å². The summed E-state index contributed by atoms with van der Waals surface area (Å²) in [6.07, 6.45) is 1.76. The highest BCUT2D eigenvalue weighted by Crippen LogP contribution is 2.15. The number of pyridine rings is 1. The van der Waals surface area contributed by atoms with E-state index in [1.165, 1.54) is 0 Å². The normalized spacial score (nSPS) is 9.69. The Balaban J connectivity index is 2.54. The van der Waals surface area contributed by atoms with E-state index in [9.17, 15) is 0 Å². The van der Waals surface area contributed by atoms with Crippen LogP contribution in [0.5, 0.6) is 0 Å². The van der Waals surface area contributed by atoms with Gasteiger partial charge in [0.05, 0.1) is 12.3 Å². The Hall–Kier alpha value is -1.29. The Labute approximate surface area is 78.3 Å². The van der Waals surface area contributed by atoms with E-state index in [0.717, 1.165) is 18.1 Å². The van der Waals surface area contributed by atoms with Crippen LogP contribution in [0.4, 0.5) is 11.5 Å². The van der Waals surface area contributed by atoms with Crippen molar-refractivity contribution in [2.24, 2.45) is 0 Å². The number of nitrogens with zero attached hydrogens (tertiary/aromatic N) is 1. The molecule has 1 rings (SSSR count). The van der Waals surface area contributed by atoms with Gasteiger partial charge >= 0.3 is 0 Å². The third-order valence-electron chi connectivity index (χ3n) is 1.68. The molecule has 4 heteroatoms. The number of hydrogen-bond donors (Lipinski definition) is 2. The van der Waals surface area contributed by atoms with E-state index in [0.29, 0.717) is 6.61 Å². The monoisotopic (exact) mass is 181 g/mol. The van der Waals surface area contributed by atoms with Crippen LogP contribution in [0.25, 0.3) is 0 Å². The van der Waals surface area contributed by atoms with E-state index in [4.69, 9.17) is 4.74 Å². The largest absolute Gasteiger partial charge is 0.385 e. The highest BCUT2D eigenvalue weighted by atomic mass is 16.5. The van der Waals surface area contributed by atoms with E-state index < -0.39 is 0 Å². The molecule has 0 atom stereocenters. The zero-order valence-corrected chi connectivity index (χ0v) is 8.00. The summed E-state index contributed by atoms with van der Waals surface area (Å²) in [5.74, 6) is 0.863. The Bertz CT molecular complexity index is 252. The first-order valence-corrected chi connectivity index (χ1v) is 4.24. The van der Waals surface area contributed by atoms with Gasteiger partial charge < -0.3 is 15.4 Å². The molecule has 0 spiro atoms. The minimum atomic E-state index is 0.680. The zero-order valence-electron chi connectivity index (χ0n) is 8.00. The van der Waals surface area contributed by atoms with Crippen molar-refractivity contribution in [3.8, 4) is 0 Å². The molecule has 0 amide bonds. The molecule has 1 heterocycles. The van der Waals surface area contributed by atoms with E-state index in [1.807, 2.05) is 19.2 Å². The second kappa shape index (κ2) is 5.37. The molecule has 2 N–H and O–H groups in total. The smallest absolute Gasteiger partial charge is 0.149 e. The van der Waals surface area contributed by atoms with Crippen LogP contribution in [0.1, 0.15) is 0 Å². The molecule has 0 aliphatic heterocycles. The van der Waals surface area contributed by atoms with Crippen LogP contribution >= 0.6 is 0 Å². The number of nitrogens with one attached hydrogen (secondary N) is 2. The molecule has 0 unspecified atom stereocenters. The third kappa shape index (κ3) is 2.91. The van der Waals surface area contributed by atoms with E-state index >= 15 is 0 Å². The second-order valence-electron chi connectivity index (χ2n) is 2.57. The summed E-state index contributed by atoms with van der Waals surface area (Å²) in [5, 5.41) is 6.22. The van der Waals surface area contributed by atoms with Crippen molar-refractivity contribution in [3.05, 3.63) is 18.3 Å². The lowest BCUT2D eigenvalue weighted by Crippen LogP contribution is -2.10. The van der Waals surface area contributed by atoms with Crippen molar-refractivity contribution >= 4 is 11.5 Å². The molecule has 0 saturated carbocycles. The van der Waals surface area contributed by atoms with Gasteiger partial charge in [0.25, 0.3) is 0 Å². The van der Waals surface area contributed by atoms with Gasteiger partial charge in [-0.15, -0.1) is 0 Å². The molecule has 72 valence electrons. The minimum absolute atomic E-state index is 0.680. The van der Waals surface area contributed by atoms with Crippen molar-refractivity contribution in [3.63, 3.8) is 0 Å². The minimum Gasteiger partial charge on any atom is -0.385 e. The lowest BCUT2D eigenvalue weighted by atomic mass is 10.4. The fraction of sp³-hybridized carbons (Fsp3) is 0.444. The molecule has 1 aromatic rings. The van der Waals surface area contributed by atoms with Gasteiger partial charge in [-0.2, -0.15) is 0 Å². The fourth-order valence-corrected chi connectivity index (χ4v) is 1.02. The Kier molecular flexibility index (Phi) is 4.05. The lowest BCUT2D eigenvalue weighted by Gasteiger charge is -2.09. The lowest BCUT2D eigenvalue weighted by molar-refractivity contribution is 0.210. The molecule has 0 aliphatic carbocycles. The first kappa shape index (κ1) is 9.80. The molecule has 13 heavy (non-hydrogen) atoms. The number of ether oxygens (including phenoxy) is 1. The van der Waals surface area contributed by atoms with Gasteiger partial charge in [-0.25, -0.2) is 4.98 Å². The Morgan fingerprint density at radius 3 is 3.08 bits per heavy atom. The van der Waals surface area contributed by atoms with Crippen LogP contribution < -0.4 is 10.6 Å². The van der Waals surface area contributed by atoms with Gasteiger partial charge in [0.1, 0.15) is 5.82 Å². The highest BCUT2D eigenvalue weighted by Gasteiger charge is 1.98. The van der Waals surface area contributed by atoms with Crippen molar-refractivity contribution in [1.82, 2.24) is 4.98 Å². The first-order chi connectivity index (χ1) is 6.38. The van der Waals surface area contributed by atoms with Crippen LogP contribution in [0.15, 0.2) is 18.3 Å². The summed E-state index contributed by atoms with van der Waals surface area (Å²) < 4.78 is 4.93. The predicted molar refractivity (Wildman–Crippen MR) is 54.1 cm³/mol. The molecule has 1 aromatic heterocycles. The predicted octanol–water partition coefficient (Wildman–Crippen LogP) is 1.18. The van der Waals surface area contributed by atoms with Crippen LogP contribution in [0.3, 0.4) is 0 Å². The van der Waals surface area contributed by atoms with Crippen molar-refractivity contribution < 1.29 is 4.74 Å². The average Bonchev–Trinajstić information content (AvgIpc) is 2.19. The number of methoxy groups -OCH3 is 1. The van der Waals surface area contributed by atoms with Gasteiger partial charge in [0.2, 0.25) is 0 Å². The van der Waals surface area contributed by atoms with Crippen molar-refractivity contribution in [1.29, 1.82) is 0 Å². The standard InChI is InChI=1S/C9H15N3O/c1-10-8-4-3-5-11-9(8)12-6-7-13-2/h3-5,10H,6-7H2,1-2H3,(H,11,12). The SMILES string of the molecule is CNc1cccnc1NCCOC. The third-order valence-corrected chi connectivity index (χ3v) is 1.68.